The number of amides is 2. The molecule has 0 N–H and O–H groups in total. The fourth-order valence-electron chi connectivity index (χ4n) is 2.51. The molecule has 0 aliphatic carbocycles. The summed E-state index contributed by atoms with van der Waals surface area (Å²) in [4.78, 5) is 27.8. The van der Waals surface area contributed by atoms with Crippen LogP contribution in [-0.4, -0.2) is 23.8 Å². The molecule has 0 radical (unpaired) electrons. The molecular weight excluding hydrogens is 312 g/mol. The third-order valence-corrected chi connectivity index (χ3v) is 4.09. The maximum absolute atomic E-state index is 12.7. The van der Waals surface area contributed by atoms with Gasteiger partial charge in [-0.1, -0.05) is 60.1 Å². The van der Waals surface area contributed by atoms with E-state index in [1.54, 1.807) is 11.9 Å². The first-order valence-corrected chi connectivity index (χ1v) is 7.56. The van der Waals surface area contributed by atoms with Crippen LogP contribution in [0.1, 0.15) is 5.56 Å². The van der Waals surface area contributed by atoms with Crippen LogP contribution in [0.2, 0.25) is 0 Å². The van der Waals surface area contributed by atoms with E-state index in [1.807, 2.05) is 60.7 Å². The highest BCUT2D eigenvalue weighted by atomic mass is 35.5. The summed E-state index contributed by atoms with van der Waals surface area (Å²) in [7, 11) is 1.73. The molecule has 2 aromatic rings. The lowest BCUT2D eigenvalue weighted by molar-refractivity contribution is -0.138. The van der Waals surface area contributed by atoms with Gasteiger partial charge in [-0.2, -0.15) is 0 Å². The number of rotatable bonds is 4. The molecule has 0 atom stereocenters. The smallest absolute Gasteiger partial charge is 0.279 e. The van der Waals surface area contributed by atoms with Gasteiger partial charge < -0.3 is 4.90 Å². The molecule has 1 aliphatic heterocycles. The van der Waals surface area contributed by atoms with Gasteiger partial charge in [0.15, 0.2) is 0 Å². The van der Waals surface area contributed by atoms with Crippen LogP contribution in [0.25, 0.3) is 0 Å². The molecule has 116 valence electrons. The van der Waals surface area contributed by atoms with E-state index in [0.29, 0.717) is 0 Å². The number of benzene rings is 2. The number of nitrogens with zero attached hydrogens (tertiary/aromatic N) is 2. The van der Waals surface area contributed by atoms with Crippen LogP contribution in [0.15, 0.2) is 71.4 Å². The molecular formula is C18H15ClN2O2. The number of likely N-dealkylation sites (N-methyl/N-ethyl adjacent to an activating group) is 1. The van der Waals surface area contributed by atoms with Crippen molar-refractivity contribution in [3.63, 3.8) is 0 Å². The number of hydrogen-bond donors (Lipinski definition) is 0. The maximum Gasteiger partial charge on any atom is 0.279 e. The molecule has 0 unspecified atom stereocenters. The van der Waals surface area contributed by atoms with E-state index in [-0.39, 0.29) is 23.2 Å². The SMILES string of the molecule is CN(C1=C(Cl)C(=O)N(Cc2ccccc2)C1=O)c1ccccc1. The number of imide groups is 1. The van der Waals surface area contributed by atoms with Gasteiger partial charge in [-0.15, -0.1) is 0 Å². The number of carbonyl (C=O) groups is 2. The Labute approximate surface area is 139 Å². The second-order valence-electron chi connectivity index (χ2n) is 5.24. The van der Waals surface area contributed by atoms with Gasteiger partial charge in [0.2, 0.25) is 0 Å². The average molecular weight is 327 g/mol. The Hall–Kier alpha value is -2.59. The standard InChI is InChI=1S/C18H15ClN2O2/c1-20(14-10-6-3-7-11-14)16-15(19)17(22)21(18(16)23)12-13-8-4-2-5-9-13/h2-11H,12H2,1H3. The van der Waals surface area contributed by atoms with Gasteiger partial charge in [0.1, 0.15) is 10.7 Å². The predicted molar refractivity (Wildman–Crippen MR) is 89.7 cm³/mol. The molecule has 23 heavy (non-hydrogen) atoms. The first kappa shape index (κ1) is 15.3. The Kier molecular flexibility index (Phi) is 4.17. The zero-order valence-electron chi connectivity index (χ0n) is 12.6. The number of carbonyl (C=O) groups excluding carboxylic acids is 2. The van der Waals surface area contributed by atoms with E-state index in [2.05, 4.69) is 0 Å². The molecule has 2 aromatic carbocycles. The van der Waals surface area contributed by atoms with Crippen molar-refractivity contribution in [3.05, 3.63) is 77.0 Å². The van der Waals surface area contributed by atoms with E-state index < -0.39 is 5.91 Å². The second-order valence-corrected chi connectivity index (χ2v) is 5.62. The molecule has 0 spiro atoms. The molecule has 0 aromatic heterocycles. The van der Waals surface area contributed by atoms with Gasteiger partial charge in [0.05, 0.1) is 6.54 Å². The quantitative estimate of drug-likeness (QED) is 0.810. The third kappa shape index (κ3) is 2.85. The van der Waals surface area contributed by atoms with Crippen molar-refractivity contribution in [1.82, 2.24) is 4.90 Å². The van der Waals surface area contributed by atoms with Crippen molar-refractivity contribution in [2.75, 3.05) is 11.9 Å². The highest BCUT2D eigenvalue weighted by Gasteiger charge is 2.39. The fraction of sp³-hybridized carbons (Fsp3) is 0.111. The summed E-state index contributed by atoms with van der Waals surface area (Å²) < 4.78 is 0. The van der Waals surface area contributed by atoms with Crippen molar-refractivity contribution in [2.45, 2.75) is 6.54 Å². The Bertz CT molecular complexity index is 772. The largest absolute Gasteiger partial charge is 0.339 e. The lowest BCUT2D eigenvalue weighted by Crippen LogP contribution is -2.33. The monoisotopic (exact) mass is 326 g/mol. The number of anilines is 1. The summed E-state index contributed by atoms with van der Waals surface area (Å²) >= 11 is 6.16. The van der Waals surface area contributed by atoms with E-state index >= 15 is 0 Å². The Morgan fingerprint density at radius 1 is 0.913 bits per heavy atom. The zero-order valence-corrected chi connectivity index (χ0v) is 13.3. The third-order valence-electron chi connectivity index (χ3n) is 3.75. The normalized spacial score (nSPS) is 14.6. The van der Waals surface area contributed by atoms with Gasteiger partial charge >= 0.3 is 0 Å². The number of hydrogen-bond acceptors (Lipinski definition) is 3. The van der Waals surface area contributed by atoms with Crippen molar-refractivity contribution < 1.29 is 9.59 Å². The highest BCUT2D eigenvalue weighted by molar-refractivity contribution is 6.48. The van der Waals surface area contributed by atoms with Crippen molar-refractivity contribution in [1.29, 1.82) is 0 Å². The molecule has 0 bridgehead atoms. The van der Waals surface area contributed by atoms with Gasteiger partial charge in [-0.05, 0) is 17.7 Å². The first-order chi connectivity index (χ1) is 11.1. The Morgan fingerprint density at radius 2 is 1.48 bits per heavy atom. The molecule has 1 heterocycles. The lowest BCUT2D eigenvalue weighted by atomic mass is 10.2. The second kappa shape index (κ2) is 6.26. The van der Waals surface area contributed by atoms with Crippen LogP contribution < -0.4 is 4.90 Å². The van der Waals surface area contributed by atoms with Crippen LogP contribution in [0, 0.1) is 0 Å². The Balaban J connectivity index is 1.88. The Morgan fingerprint density at radius 3 is 2.09 bits per heavy atom. The minimum Gasteiger partial charge on any atom is -0.339 e. The van der Waals surface area contributed by atoms with Crippen LogP contribution in [0.3, 0.4) is 0 Å². The van der Waals surface area contributed by atoms with Gasteiger partial charge in [0, 0.05) is 12.7 Å². The van der Waals surface area contributed by atoms with E-state index in [9.17, 15) is 9.59 Å². The van der Waals surface area contributed by atoms with Crippen molar-refractivity contribution >= 4 is 29.1 Å². The molecule has 4 nitrogen and oxygen atoms in total. The van der Waals surface area contributed by atoms with E-state index in [4.69, 9.17) is 11.6 Å². The topological polar surface area (TPSA) is 40.6 Å². The first-order valence-electron chi connectivity index (χ1n) is 7.18. The highest BCUT2D eigenvalue weighted by Crippen LogP contribution is 2.30. The fourth-order valence-corrected chi connectivity index (χ4v) is 2.82. The summed E-state index contributed by atoms with van der Waals surface area (Å²) in [6, 6.07) is 18.7. The number of halogens is 1. The van der Waals surface area contributed by atoms with Crippen LogP contribution >= 0.6 is 11.6 Å². The van der Waals surface area contributed by atoms with Gasteiger partial charge in [0.25, 0.3) is 11.8 Å². The maximum atomic E-state index is 12.7. The van der Waals surface area contributed by atoms with Gasteiger partial charge in [-0.3, -0.25) is 14.5 Å². The molecule has 0 fully saturated rings. The minimum atomic E-state index is -0.460. The van der Waals surface area contributed by atoms with Crippen molar-refractivity contribution in [2.24, 2.45) is 0 Å². The van der Waals surface area contributed by atoms with Crippen LogP contribution in [-0.2, 0) is 16.1 Å². The summed E-state index contributed by atoms with van der Waals surface area (Å²) in [6.45, 7) is 0.209. The summed E-state index contributed by atoms with van der Waals surface area (Å²) in [6.07, 6.45) is 0. The minimum absolute atomic E-state index is 0.0442. The lowest BCUT2D eigenvalue weighted by Gasteiger charge is -2.21. The van der Waals surface area contributed by atoms with Crippen LogP contribution in [0.4, 0.5) is 5.69 Å². The summed E-state index contributed by atoms with van der Waals surface area (Å²) in [5, 5.41) is -0.0442. The predicted octanol–water partition coefficient (Wildman–Crippen LogP) is 3.14. The average Bonchev–Trinajstić information content (AvgIpc) is 2.80. The molecule has 1 aliphatic rings. The molecule has 3 rings (SSSR count). The number of para-hydroxylation sites is 1. The molecule has 2 amide bonds. The van der Waals surface area contributed by atoms with Crippen LogP contribution in [0.5, 0.6) is 0 Å². The molecule has 5 heteroatoms. The molecule has 0 saturated carbocycles. The van der Waals surface area contributed by atoms with E-state index in [1.165, 1.54) is 4.90 Å². The van der Waals surface area contributed by atoms with E-state index in [0.717, 1.165) is 11.3 Å². The van der Waals surface area contributed by atoms with Gasteiger partial charge in [-0.25, -0.2) is 0 Å². The van der Waals surface area contributed by atoms with Crippen molar-refractivity contribution in [3.8, 4) is 0 Å². The summed E-state index contributed by atoms with van der Waals surface area (Å²) in [5.41, 5.74) is 1.88. The summed E-state index contributed by atoms with van der Waals surface area (Å²) in [5.74, 6) is -0.839. The molecule has 0 saturated heterocycles. The zero-order chi connectivity index (χ0) is 16.4.